The predicted molar refractivity (Wildman–Crippen MR) is 101 cm³/mol. The summed E-state index contributed by atoms with van der Waals surface area (Å²) in [5, 5.41) is 2.82. The minimum absolute atomic E-state index is 0.134. The van der Waals surface area contributed by atoms with Crippen LogP contribution in [0, 0.1) is 13.8 Å². The molecule has 0 saturated heterocycles. The number of aryl methyl sites for hydroxylation is 1. The topological polar surface area (TPSA) is 84.9 Å². The van der Waals surface area contributed by atoms with E-state index in [1.54, 1.807) is 26.0 Å². The molecule has 144 valence electrons. The number of nitrogens with zero attached hydrogens (tertiary/aromatic N) is 1. The van der Waals surface area contributed by atoms with E-state index in [9.17, 15) is 13.2 Å². The van der Waals surface area contributed by atoms with E-state index in [1.165, 1.54) is 20.2 Å². The van der Waals surface area contributed by atoms with Gasteiger partial charge in [0, 0.05) is 31.8 Å². The lowest BCUT2D eigenvalue weighted by Gasteiger charge is -2.16. The fraction of sp³-hybridized carbons (Fsp3) is 0.316. The highest BCUT2D eigenvalue weighted by Gasteiger charge is 2.23. The zero-order valence-corrected chi connectivity index (χ0v) is 16.5. The number of fused-ring (bicyclic) bond motifs is 1. The lowest BCUT2D eigenvalue weighted by atomic mass is 10.1. The second kappa shape index (κ2) is 7.21. The van der Waals surface area contributed by atoms with Crippen LogP contribution in [0.25, 0.3) is 0 Å². The molecule has 8 heteroatoms. The van der Waals surface area contributed by atoms with Gasteiger partial charge >= 0.3 is 0 Å². The van der Waals surface area contributed by atoms with Crippen LogP contribution in [0.2, 0.25) is 0 Å². The summed E-state index contributed by atoms with van der Waals surface area (Å²) in [7, 11) is -0.710. The number of sulfonamides is 1. The molecule has 3 rings (SSSR count). The summed E-state index contributed by atoms with van der Waals surface area (Å²) in [6.45, 7) is 3.92. The van der Waals surface area contributed by atoms with Gasteiger partial charge in [-0.3, -0.25) is 4.79 Å². The lowest BCUT2D eigenvalue weighted by molar-refractivity contribution is 0.0950. The van der Waals surface area contributed by atoms with Gasteiger partial charge in [-0.15, -0.1) is 0 Å². The summed E-state index contributed by atoms with van der Waals surface area (Å²) in [4.78, 5) is 12.8. The zero-order valence-electron chi connectivity index (χ0n) is 15.7. The first-order chi connectivity index (χ1) is 12.7. The van der Waals surface area contributed by atoms with E-state index in [0.29, 0.717) is 22.6 Å². The van der Waals surface area contributed by atoms with Crippen molar-refractivity contribution in [3.8, 4) is 11.5 Å². The second-order valence-corrected chi connectivity index (χ2v) is 8.66. The van der Waals surface area contributed by atoms with Crippen molar-refractivity contribution in [2.75, 3.05) is 20.9 Å². The van der Waals surface area contributed by atoms with Crippen molar-refractivity contribution in [1.82, 2.24) is 9.62 Å². The molecular formula is C19H22N2O5S. The molecular weight excluding hydrogens is 368 g/mol. The molecule has 0 bridgehead atoms. The predicted octanol–water partition coefficient (Wildman–Crippen LogP) is 2.21. The Morgan fingerprint density at radius 1 is 1.19 bits per heavy atom. The smallest absolute Gasteiger partial charge is 0.251 e. The maximum atomic E-state index is 12.6. The average Bonchev–Trinajstić information content (AvgIpc) is 3.10. The number of rotatable bonds is 5. The minimum atomic E-state index is -3.64. The van der Waals surface area contributed by atoms with E-state index < -0.39 is 10.0 Å². The molecule has 0 fully saturated rings. The molecule has 0 aromatic heterocycles. The van der Waals surface area contributed by atoms with Crippen molar-refractivity contribution in [2.45, 2.75) is 25.3 Å². The van der Waals surface area contributed by atoms with Gasteiger partial charge in [0.1, 0.15) is 0 Å². The molecule has 0 atom stereocenters. The van der Waals surface area contributed by atoms with Crippen molar-refractivity contribution in [2.24, 2.45) is 0 Å². The van der Waals surface area contributed by atoms with Crippen LogP contribution in [0.15, 0.2) is 35.2 Å². The molecule has 0 spiro atoms. The largest absolute Gasteiger partial charge is 0.454 e. The number of hydrogen-bond donors (Lipinski definition) is 1. The average molecular weight is 390 g/mol. The Morgan fingerprint density at radius 3 is 2.63 bits per heavy atom. The summed E-state index contributed by atoms with van der Waals surface area (Å²) in [6.07, 6.45) is 0. The fourth-order valence-corrected chi connectivity index (χ4v) is 4.05. The Morgan fingerprint density at radius 2 is 1.93 bits per heavy atom. The molecule has 0 unspecified atom stereocenters. The molecule has 1 N–H and O–H groups in total. The molecule has 2 aromatic rings. The summed E-state index contributed by atoms with van der Waals surface area (Å²) in [6, 6.07) is 8.58. The summed E-state index contributed by atoms with van der Waals surface area (Å²) < 4.78 is 37.0. The monoisotopic (exact) mass is 390 g/mol. The highest BCUT2D eigenvalue weighted by molar-refractivity contribution is 7.89. The molecule has 1 amide bonds. The van der Waals surface area contributed by atoms with E-state index in [0.717, 1.165) is 15.4 Å². The quantitative estimate of drug-likeness (QED) is 0.846. The minimum Gasteiger partial charge on any atom is -0.454 e. The van der Waals surface area contributed by atoms with Crippen molar-refractivity contribution >= 4 is 15.9 Å². The molecule has 1 aliphatic rings. The Balaban J connectivity index is 1.86. The van der Waals surface area contributed by atoms with E-state index >= 15 is 0 Å². The van der Waals surface area contributed by atoms with Gasteiger partial charge in [-0.2, -0.15) is 0 Å². The van der Waals surface area contributed by atoms with Gasteiger partial charge in [0.05, 0.1) is 4.90 Å². The van der Waals surface area contributed by atoms with Gasteiger partial charge in [-0.25, -0.2) is 12.7 Å². The maximum absolute atomic E-state index is 12.6. The summed E-state index contributed by atoms with van der Waals surface area (Å²) >= 11 is 0. The van der Waals surface area contributed by atoms with E-state index in [-0.39, 0.29) is 24.1 Å². The second-order valence-electron chi connectivity index (χ2n) is 6.54. The Labute approximate surface area is 158 Å². The molecule has 0 aliphatic carbocycles. The van der Waals surface area contributed by atoms with Crippen LogP contribution in [0.1, 0.15) is 27.0 Å². The number of amides is 1. The molecule has 0 saturated carbocycles. The lowest BCUT2D eigenvalue weighted by Crippen LogP contribution is -2.26. The third-order valence-electron chi connectivity index (χ3n) is 4.56. The van der Waals surface area contributed by atoms with Crippen LogP contribution in [0.3, 0.4) is 0 Å². The number of carbonyl (C=O) groups is 1. The summed E-state index contributed by atoms with van der Waals surface area (Å²) in [5.74, 6) is 0.908. The molecule has 7 nitrogen and oxygen atoms in total. The van der Waals surface area contributed by atoms with Crippen LogP contribution < -0.4 is 14.8 Å². The third kappa shape index (κ3) is 3.63. The van der Waals surface area contributed by atoms with Crippen molar-refractivity contribution in [3.63, 3.8) is 0 Å². The SMILES string of the molecule is Cc1cc(C(=O)NCc2cccc3c2OCO3)cc(S(=O)(=O)N(C)C)c1C. The first-order valence-corrected chi connectivity index (χ1v) is 9.85. The molecule has 0 radical (unpaired) electrons. The van der Waals surface area contributed by atoms with Crippen LogP contribution in [-0.2, 0) is 16.6 Å². The number of hydrogen-bond acceptors (Lipinski definition) is 5. The van der Waals surface area contributed by atoms with Crippen molar-refractivity contribution in [1.29, 1.82) is 0 Å². The number of para-hydroxylation sites is 1. The van der Waals surface area contributed by atoms with Gasteiger partial charge in [0.25, 0.3) is 5.91 Å². The van der Waals surface area contributed by atoms with Gasteiger partial charge in [0.2, 0.25) is 16.8 Å². The Kier molecular flexibility index (Phi) is 5.12. The zero-order chi connectivity index (χ0) is 19.8. The van der Waals surface area contributed by atoms with Crippen molar-refractivity contribution < 1.29 is 22.7 Å². The number of carbonyl (C=O) groups excluding carboxylic acids is 1. The number of benzene rings is 2. The van der Waals surface area contributed by atoms with Crippen LogP contribution in [-0.4, -0.2) is 39.5 Å². The molecule has 1 heterocycles. The Hall–Kier alpha value is -2.58. The van der Waals surface area contributed by atoms with E-state index in [4.69, 9.17) is 9.47 Å². The molecule has 2 aromatic carbocycles. The summed E-state index contributed by atoms with van der Waals surface area (Å²) in [5.41, 5.74) is 2.46. The first kappa shape index (κ1) is 19.2. The fourth-order valence-electron chi connectivity index (χ4n) is 2.83. The number of ether oxygens (including phenoxy) is 2. The van der Waals surface area contributed by atoms with Crippen LogP contribution >= 0.6 is 0 Å². The highest BCUT2D eigenvalue weighted by Crippen LogP contribution is 2.35. The molecule has 27 heavy (non-hydrogen) atoms. The van der Waals surface area contributed by atoms with Crippen molar-refractivity contribution in [3.05, 3.63) is 52.6 Å². The molecule has 1 aliphatic heterocycles. The van der Waals surface area contributed by atoms with Gasteiger partial charge in [-0.1, -0.05) is 12.1 Å². The Bertz CT molecular complexity index is 999. The van der Waals surface area contributed by atoms with Crippen LogP contribution in [0.4, 0.5) is 0 Å². The highest BCUT2D eigenvalue weighted by atomic mass is 32.2. The van der Waals surface area contributed by atoms with Crippen LogP contribution in [0.5, 0.6) is 11.5 Å². The first-order valence-electron chi connectivity index (χ1n) is 8.41. The van der Waals surface area contributed by atoms with Gasteiger partial charge < -0.3 is 14.8 Å². The maximum Gasteiger partial charge on any atom is 0.251 e. The standard InChI is InChI=1S/C19H22N2O5S/c1-12-8-15(9-17(13(12)2)27(23,24)21(3)4)19(22)20-10-14-6-5-7-16-18(14)26-11-25-16/h5-9H,10-11H2,1-4H3,(H,20,22). The van der Waals surface area contributed by atoms with Gasteiger partial charge in [-0.05, 0) is 43.2 Å². The van der Waals surface area contributed by atoms with E-state index in [1.807, 2.05) is 12.1 Å². The number of nitrogens with one attached hydrogen (secondary N) is 1. The third-order valence-corrected chi connectivity index (χ3v) is 6.50. The van der Waals surface area contributed by atoms with E-state index in [2.05, 4.69) is 5.32 Å². The van der Waals surface area contributed by atoms with Gasteiger partial charge in [0.15, 0.2) is 11.5 Å². The normalized spacial score (nSPS) is 13.1.